The van der Waals surface area contributed by atoms with Crippen molar-refractivity contribution >= 4 is 5.69 Å². The van der Waals surface area contributed by atoms with E-state index in [1.54, 1.807) is 19.1 Å². The molecule has 7 nitrogen and oxygen atoms in total. The SMILES string of the molecule is Cc1noc(CN(C)[C@@H](C)c2cccc([N+](=O)[O-])c2)n1. The molecule has 1 aromatic carbocycles. The lowest BCUT2D eigenvalue weighted by Crippen LogP contribution is -2.22. The second kappa shape index (κ2) is 5.79. The Morgan fingerprint density at radius 3 is 2.85 bits per heavy atom. The number of nitro groups is 1. The molecule has 0 N–H and O–H groups in total. The van der Waals surface area contributed by atoms with Crippen LogP contribution in [0.5, 0.6) is 0 Å². The minimum absolute atomic E-state index is 0.00195. The van der Waals surface area contributed by atoms with E-state index in [2.05, 4.69) is 10.1 Å². The van der Waals surface area contributed by atoms with Crippen molar-refractivity contribution in [2.24, 2.45) is 0 Å². The summed E-state index contributed by atoms with van der Waals surface area (Å²) in [6.07, 6.45) is 0. The number of hydrogen-bond donors (Lipinski definition) is 0. The molecule has 0 amide bonds. The largest absolute Gasteiger partial charge is 0.338 e. The van der Waals surface area contributed by atoms with Crippen molar-refractivity contribution in [2.45, 2.75) is 26.4 Å². The van der Waals surface area contributed by atoms with Crippen LogP contribution in [0.25, 0.3) is 0 Å². The summed E-state index contributed by atoms with van der Waals surface area (Å²) in [7, 11) is 1.91. The first-order valence-corrected chi connectivity index (χ1v) is 6.21. The van der Waals surface area contributed by atoms with Gasteiger partial charge in [0.05, 0.1) is 11.5 Å². The fourth-order valence-electron chi connectivity index (χ4n) is 1.91. The lowest BCUT2D eigenvalue weighted by molar-refractivity contribution is -0.384. The van der Waals surface area contributed by atoms with Gasteiger partial charge in [0.2, 0.25) is 5.89 Å². The van der Waals surface area contributed by atoms with Crippen molar-refractivity contribution in [1.82, 2.24) is 15.0 Å². The first kappa shape index (κ1) is 14.1. The van der Waals surface area contributed by atoms with Crippen LogP contribution in [0.15, 0.2) is 28.8 Å². The molecule has 2 aromatic rings. The molecule has 106 valence electrons. The highest BCUT2D eigenvalue weighted by atomic mass is 16.6. The lowest BCUT2D eigenvalue weighted by Gasteiger charge is -2.23. The maximum Gasteiger partial charge on any atom is 0.269 e. The van der Waals surface area contributed by atoms with Crippen LogP contribution in [0.4, 0.5) is 5.69 Å². The van der Waals surface area contributed by atoms with Gasteiger partial charge in [0.15, 0.2) is 5.82 Å². The van der Waals surface area contributed by atoms with Crippen LogP contribution in [0.2, 0.25) is 0 Å². The number of non-ortho nitro benzene ring substituents is 1. The lowest BCUT2D eigenvalue weighted by atomic mass is 10.1. The highest BCUT2D eigenvalue weighted by molar-refractivity contribution is 5.35. The van der Waals surface area contributed by atoms with Crippen LogP contribution in [0, 0.1) is 17.0 Å². The third-order valence-electron chi connectivity index (χ3n) is 3.18. The fraction of sp³-hybridized carbons (Fsp3) is 0.385. The van der Waals surface area contributed by atoms with Crippen LogP contribution in [-0.4, -0.2) is 27.0 Å². The molecule has 1 heterocycles. The van der Waals surface area contributed by atoms with Crippen LogP contribution < -0.4 is 0 Å². The molecule has 0 unspecified atom stereocenters. The van der Waals surface area contributed by atoms with Crippen LogP contribution >= 0.6 is 0 Å². The summed E-state index contributed by atoms with van der Waals surface area (Å²) in [5, 5.41) is 14.5. The molecule has 20 heavy (non-hydrogen) atoms. The third-order valence-corrected chi connectivity index (χ3v) is 3.18. The Kier molecular flexibility index (Phi) is 4.09. The highest BCUT2D eigenvalue weighted by Crippen LogP contribution is 2.23. The minimum atomic E-state index is -0.391. The first-order valence-electron chi connectivity index (χ1n) is 6.21. The normalized spacial score (nSPS) is 12.6. The molecular formula is C13H16N4O3. The van der Waals surface area contributed by atoms with Gasteiger partial charge in [0.1, 0.15) is 0 Å². The molecule has 0 fully saturated rings. The average molecular weight is 276 g/mol. The fourth-order valence-corrected chi connectivity index (χ4v) is 1.91. The first-order chi connectivity index (χ1) is 9.47. The van der Waals surface area contributed by atoms with Gasteiger partial charge in [-0.1, -0.05) is 17.3 Å². The zero-order valence-electron chi connectivity index (χ0n) is 11.6. The van der Waals surface area contributed by atoms with Gasteiger partial charge in [0, 0.05) is 18.2 Å². The predicted octanol–water partition coefficient (Wildman–Crippen LogP) is 2.48. The van der Waals surface area contributed by atoms with Gasteiger partial charge in [-0.2, -0.15) is 4.98 Å². The number of hydrogen-bond acceptors (Lipinski definition) is 6. The van der Waals surface area contributed by atoms with E-state index in [0.717, 1.165) is 5.56 Å². The molecule has 0 spiro atoms. The van der Waals surface area contributed by atoms with E-state index in [1.165, 1.54) is 6.07 Å². The summed E-state index contributed by atoms with van der Waals surface area (Å²) in [6, 6.07) is 6.63. The number of benzene rings is 1. The zero-order chi connectivity index (χ0) is 14.7. The van der Waals surface area contributed by atoms with E-state index in [1.807, 2.05) is 24.9 Å². The number of nitro benzene ring substituents is 1. The van der Waals surface area contributed by atoms with E-state index in [0.29, 0.717) is 18.3 Å². The Labute approximate surface area is 116 Å². The van der Waals surface area contributed by atoms with Crippen LogP contribution in [0.1, 0.15) is 30.2 Å². The van der Waals surface area contributed by atoms with E-state index in [-0.39, 0.29) is 11.7 Å². The number of rotatable bonds is 5. The van der Waals surface area contributed by atoms with Gasteiger partial charge in [-0.15, -0.1) is 0 Å². The third kappa shape index (κ3) is 3.18. The topological polar surface area (TPSA) is 85.3 Å². The zero-order valence-corrected chi connectivity index (χ0v) is 11.6. The van der Waals surface area contributed by atoms with Gasteiger partial charge in [-0.25, -0.2) is 0 Å². The van der Waals surface area contributed by atoms with Crippen molar-refractivity contribution in [2.75, 3.05) is 7.05 Å². The number of aryl methyl sites for hydroxylation is 1. The highest BCUT2D eigenvalue weighted by Gasteiger charge is 2.17. The summed E-state index contributed by atoms with van der Waals surface area (Å²) >= 11 is 0. The smallest absolute Gasteiger partial charge is 0.269 e. The van der Waals surface area contributed by atoms with Crippen LogP contribution in [0.3, 0.4) is 0 Å². The molecule has 0 aliphatic carbocycles. The molecule has 1 atom stereocenters. The predicted molar refractivity (Wildman–Crippen MR) is 72.0 cm³/mol. The Balaban J connectivity index is 2.11. The van der Waals surface area contributed by atoms with E-state index in [9.17, 15) is 10.1 Å². The molecule has 7 heteroatoms. The Morgan fingerprint density at radius 2 is 2.25 bits per heavy atom. The van der Waals surface area contributed by atoms with Crippen LogP contribution in [-0.2, 0) is 6.54 Å². The summed E-state index contributed by atoms with van der Waals surface area (Å²) in [5.74, 6) is 1.12. The minimum Gasteiger partial charge on any atom is -0.338 e. The molecule has 1 aromatic heterocycles. The Bertz CT molecular complexity index is 611. The van der Waals surface area contributed by atoms with Gasteiger partial charge in [0.25, 0.3) is 5.69 Å². The van der Waals surface area contributed by atoms with Crippen molar-refractivity contribution in [3.63, 3.8) is 0 Å². The molecule has 0 saturated heterocycles. The van der Waals surface area contributed by atoms with E-state index >= 15 is 0 Å². The van der Waals surface area contributed by atoms with Gasteiger partial charge in [-0.05, 0) is 26.5 Å². The standard InChI is InChI=1S/C13H16N4O3/c1-9(11-5-4-6-12(7-11)17(18)19)16(3)8-13-14-10(2)15-20-13/h4-7,9H,8H2,1-3H3/t9-/m0/s1. The second-order valence-electron chi connectivity index (χ2n) is 4.68. The second-order valence-corrected chi connectivity index (χ2v) is 4.68. The van der Waals surface area contributed by atoms with Crippen molar-refractivity contribution in [3.8, 4) is 0 Å². The van der Waals surface area contributed by atoms with Gasteiger partial charge < -0.3 is 4.52 Å². The molecule has 0 aliphatic rings. The Hall–Kier alpha value is -2.28. The Morgan fingerprint density at radius 1 is 1.50 bits per heavy atom. The maximum atomic E-state index is 10.8. The molecule has 0 aliphatic heterocycles. The van der Waals surface area contributed by atoms with Crippen molar-refractivity contribution < 1.29 is 9.45 Å². The quantitative estimate of drug-likeness (QED) is 0.616. The number of nitrogens with zero attached hydrogens (tertiary/aromatic N) is 4. The summed E-state index contributed by atoms with van der Waals surface area (Å²) in [6.45, 7) is 4.23. The van der Waals surface area contributed by atoms with Crippen molar-refractivity contribution in [3.05, 3.63) is 51.7 Å². The molecule has 0 saturated carbocycles. The summed E-state index contributed by atoms with van der Waals surface area (Å²) < 4.78 is 5.07. The van der Waals surface area contributed by atoms with Crippen molar-refractivity contribution in [1.29, 1.82) is 0 Å². The van der Waals surface area contributed by atoms with E-state index < -0.39 is 4.92 Å². The van der Waals surface area contributed by atoms with Gasteiger partial charge >= 0.3 is 0 Å². The summed E-state index contributed by atoms with van der Waals surface area (Å²) in [4.78, 5) is 16.5. The monoisotopic (exact) mass is 276 g/mol. The summed E-state index contributed by atoms with van der Waals surface area (Å²) in [5.41, 5.74) is 0.967. The van der Waals surface area contributed by atoms with E-state index in [4.69, 9.17) is 4.52 Å². The number of aromatic nitrogens is 2. The molecule has 0 bridgehead atoms. The molecule has 0 radical (unpaired) electrons. The molecular weight excluding hydrogens is 260 g/mol. The molecule has 2 rings (SSSR count). The van der Waals surface area contributed by atoms with Gasteiger partial charge in [-0.3, -0.25) is 15.0 Å². The average Bonchev–Trinajstić information content (AvgIpc) is 2.83. The maximum absolute atomic E-state index is 10.8.